The zero-order chi connectivity index (χ0) is 25.2. The highest BCUT2D eigenvalue weighted by molar-refractivity contribution is 5.96. The van der Waals surface area contributed by atoms with E-state index < -0.39 is 6.04 Å². The van der Waals surface area contributed by atoms with Crippen LogP contribution < -0.4 is 21.3 Å². The molecule has 0 spiro atoms. The van der Waals surface area contributed by atoms with Gasteiger partial charge in [0.2, 0.25) is 11.6 Å². The second-order valence-electron chi connectivity index (χ2n) is 7.74. The van der Waals surface area contributed by atoms with Gasteiger partial charge in [0.15, 0.2) is 5.82 Å². The first kappa shape index (κ1) is 22.5. The molecule has 4 aromatic heterocycles. The van der Waals surface area contributed by atoms with Crippen LogP contribution in [0.25, 0.3) is 32.6 Å². The summed E-state index contributed by atoms with van der Waals surface area (Å²) in [7, 11) is 1.48. The molecule has 3 N–H and O–H groups in total. The van der Waals surface area contributed by atoms with Gasteiger partial charge in [0, 0.05) is 30.2 Å². The number of nitrogens with zero attached hydrogens (tertiary/aromatic N) is 7. The molecule has 0 aliphatic rings. The smallest absolute Gasteiger partial charge is 0.316 e. The van der Waals surface area contributed by atoms with Crippen LogP contribution in [0.1, 0.15) is 18.7 Å². The molecule has 0 amide bonds. The molecule has 36 heavy (non-hydrogen) atoms. The zero-order valence-electron chi connectivity index (χ0n) is 19.2. The van der Waals surface area contributed by atoms with Crippen molar-refractivity contribution in [1.82, 2.24) is 29.7 Å². The SMILES string of the molecule is [C-]#[N+]c1cnc(N)nc1N[C@@H](C)c1cc2cccc(-c3cnc(OC)nc3)c2c(=O)n1-c1ccon1. The number of anilines is 2. The molecule has 0 saturated carbocycles. The van der Waals surface area contributed by atoms with Gasteiger partial charge >= 0.3 is 6.01 Å². The van der Waals surface area contributed by atoms with Crippen LogP contribution in [0.4, 0.5) is 17.5 Å². The van der Waals surface area contributed by atoms with Crippen molar-refractivity contribution in [3.8, 4) is 23.0 Å². The van der Waals surface area contributed by atoms with Crippen molar-refractivity contribution in [1.29, 1.82) is 0 Å². The molecule has 1 aromatic carbocycles. The van der Waals surface area contributed by atoms with E-state index in [2.05, 4.69) is 35.3 Å². The van der Waals surface area contributed by atoms with Gasteiger partial charge in [0.1, 0.15) is 12.1 Å². The van der Waals surface area contributed by atoms with Crippen molar-refractivity contribution in [3.63, 3.8) is 0 Å². The van der Waals surface area contributed by atoms with Gasteiger partial charge in [-0.2, -0.15) is 0 Å². The average Bonchev–Trinajstić information content (AvgIpc) is 3.43. The minimum Gasteiger partial charge on any atom is -0.467 e. The summed E-state index contributed by atoms with van der Waals surface area (Å²) < 4.78 is 11.5. The number of hydrogen-bond donors (Lipinski definition) is 2. The van der Waals surface area contributed by atoms with E-state index in [-0.39, 0.29) is 29.0 Å². The lowest BCUT2D eigenvalue weighted by Gasteiger charge is -2.21. The van der Waals surface area contributed by atoms with E-state index in [1.165, 1.54) is 24.1 Å². The number of nitrogens with one attached hydrogen (secondary N) is 1. The molecular weight excluding hydrogens is 462 g/mol. The molecule has 178 valence electrons. The van der Waals surface area contributed by atoms with Gasteiger partial charge in [-0.15, -0.1) is 0 Å². The van der Waals surface area contributed by atoms with E-state index >= 15 is 0 Å². The van der Waals surface area contributed by atoms with Crippen LogP contribution in [0.15, 0.2) is 64.5 Å². The first-order valence-electron chi connectivity index (χ1n) is 10.7. The fourth-order valence-corrected chi connectivity index (χ4v) is 3.92. The molecule has 12 nitrogen and oxygen atoms in total. The fourth-order valence-electron chi connectivity index (χ4n) is 3.92. The number of ether oxygens (including phenoxy) is 1. The Morgan fingerprint density at radius 1 is 1.19 bits per heavy atom. The van der Waals surface area contributed by atoms with Crippen molar-refractivity contribution in [2.24, 2.45) is 0 Å². The molecule has 0 saturated heterocycles. The highest BCUT2D eigenvalue weighted by Crippen LogP contribution is 2.31. The lowest BCUT2D eigenvalue weighted by atomic mass is 9.99. The average molecular weight is 481 g/mol. The Balaban J connectivity index is 1.71. The summed E-state index contributed by atoms with van der Waals surface area (Å²) in [4.78, 5) is 33.8. The maximum Gasteiger partial charge on any atom is 0.316 e. The maximum atomic E-state index is 14.0. The van der Waals surface area contributed by atoms with Gasteiger partial charge in [-0.25, -0.2) is 24.8 Å². The van der Waals surface area contributed by atoms with E-state index in [4.69, 9.17) is 21.6 Å². The standard InChI is InChI=1S/C24H19N9O3/c1-13(30-21-17(26-2)12-27-23(25)31-21)18-9-14-5-4-6-16(15-10-28-24(35-3)29-11-15)20(14)22(34)33(18)19-7-8-36-32-19/h4-13H,1,3H3,(H3,25,27,30,31)/t13-/m0/s1. The predicted molar refractivity (Wildman–Crippen MR) is 132 cm³/mol. The Kier molecular flexibility index (Phi) is 5.71. The number of nitrogen functional groups attached to an aromatic ring is 1. The van der Waals surface area contributed by atoms with Gasteiger partial charge in [0.25, 0.3) is 5.56 Å². The van der Waals surface area contributed by atoms with Gasteiger partial charge in [-0.3, -0.25) is 9.36 Å². The number of aromatic nitrogens is 6. The third kappa shape index (κ3) is 3.94. The van der Waals surface area contributed by atoms with Crippen LogP contribution in [-0.4, -0.2) is 36.8 Å². The first-order valence-corrected chi connectivity index (χ1v) is 10.7. The van der Waals surface area contributed by atoms with E-state index in [0.29, 0.717) is 33.4 Å². The first-order chi connectivity index (χ1) is 17.5. The molecule has 0 fully saturated rings. The van der Waals surface area contributed by atoms with Crippen molar-refractivity contribution in [3.05, 3.63) is 82.7 Å². The largest absolute Gasteiger partial charge is 0.467 e. The minimum absolute atomic E-state index is 0.0239. The van der Waals surface area contributed by atoms with Crippen LogP contribution in [0.5, 0.6) is 6.01 Å². The Morgan fingerprint density at radius 2 is 2.00 bits per heavy atom. The van der Waals surface area contributed by atoms with Crippen molar-refractivity contribution in [2.75, 3.05) is 18.2 Å². The summed E-state index contributed by atoms with van der Waals surface area (Å²) in [6.45, 7) is 9.24. The van der Waals surface area contributed by atoms with Crippen LogP contribution in [0.3, 0.4) is 0 Å². The predicted octanol–water partition coefficient (Wildman–Crippen LogP) is 3.54. The number of methoxy groups -OCH3 is 1. The molecule has 0 bridgehead atoms. The van der Waals surface area contributed by atoms with Crippen LogP contribution in [0, 0.1) is 6.57 Å². The number of hydrogen-bond acceptors (Lipinski definition) is 10. The van der Waals surface area contributed by atoms with Gasteiger partial charge < -0.3 is 20.3 Å². The molecule has 0 radical (unpaired) electrons. The third-order valence-corrected chi connectivity index (χ3v) is 5.56. The Hall–Kier alpha value is -5.31. The molecular formula is C24H19N9O3. The molecule has 5 aromatic rings. The molecule has 12 heteroatoms. The molecule has 1 atom stereocenters. The lowest BCUT2D eigenvalue weighted by Crippen LogP contribution is -2.26. The summed E-state index contributed by atoms with van der Waals surface area (Å²) in [5.74, 6) is 0.586. The maximum absolute atomic E-state index is 14.0. The Morgan fingerprint density at radius 3 is 2.69 bits per heavy atom. The van der Waals surface area contributed by atoms with Crippen molar-refractivity contribution in [2.45, 2.75) is 13.0 Å². The highest BCUT2D eigenvalue weighted by Gasteiger charge is 2.21. The number of pyridine rings is 1. The van der Waals surface area contributed by atoms with Gasteiger partial charge in [-0.05, 0) is 23.9 Å². The van der Waals surface area contributed by atoms with E-state index in [1.54, 1.807) is 18.5 Å². The van der Waals surface area contributed by atoms with Crippen LogP contribution >= 0.6 is 0 Å². The molecule has 0 unspecified atom stereocenters. The minimum atomic E-state index is -0.485. The Bertz CT molecular complexity index is 1660. The summed E-state index contributed by atoms with van der Waals surface area (Å²) in [5, 5.41) is 8.33. The summed E-state index contributed by atoms with van der Waals surface area (Å²) in [6.07, 6.45) is 5.94. The second-order valence-corrected chi connectivity index (χ2v) is 7.74. The van der Waals surface area contributed by atoms with E-state index in [1.807, 2.05) is 31.2 Å². The molecule has 0 aliphatic heterocycles. The lowest BCUT2D eigenvalue weighted by molar-refractivity contribution is 0.380. The molecule has 4 heterocycles. The third-order valence-electron chi connectivity index (χ3n) is 5.56. The second kappa shape index (κ2) is 9.15. The Labute approximate surface area is 204 Å². The topological polar surface area (TPSA) is 151 Å². The van der Waals surface area contributed by atoms with Crippen molar-refractivity contribution < 1.29 is 9.26 Å². The van der Waals surface area contributed by atoms with E-state index in [0.717, 1.165) is 0 Å². The van der Waals surface area contributed by atoms with Gasteiger partial charge in [0.05, 0.1) is 30.8 Å². The zero-order valence-corrected chi connectivity index (χ0v) is 19.2. The van der Waals surface area contributed by atoms with E-state index in [9.17, 15) is 4.79 Å². The van der Waals surface area contributed by atoms with Crippen LogP contribution in [-0.2, 0) is 0 Å². The highest BCUT2D eigenvalue weighted by atomic mass is 16.5. The summed E-state index contributed by atoms with van der Waals surface area (Å²) in [5.41, 5.74) is 7.50. The monoisotopic (exact) mass is 481 g/mol. The molecule has 0 aliphatic carbocycles. The quantitative estimate of drug-likeness (QED) is 0.345. The summed E-state index contributed by atoms with van der Waals surface area (Å²) >= 11 is 0. The number of fused-ring (bicyclic) bond motifs is 1. The number of benzene rings is 1. The number of rotatable bonds is 6. The fraction of sp³-hybridized carbons (Fsp3) is 0.125. The number of nitrogens with two attached hydrogens (primary N) is 1. The van der Waals surface area contributed by atoms with Crippen LogP contribution in [0.2, 0.25) is 0 Å². The summed E-state index contributed by atoms with van der Waals surface area (Å²) in [6, 6.07) is 8.74. The van der Waals surface area contributed by atoms with Crippen molar-refractivity contribution >= 4 is 28.2 Å². The molecule has 5 rings (SSSR count). The van der Waals surface area contributed by atoms with Gasteiger partial charge in [-0.1, -0.05) is 23.4 Å². The normalized spacial score (nSPS) is 11.7.